The average Bonchev–Trinajstić information content (AvgIpc) is 2.45. The van der Waals surface area contributed by atoms with E-state index in [1.54, 1.807) is 0 Å². The molecule has 112 valence electrons. The van der Waals surface area contributed by atoms with Crippen LogP contribution >= 0.6 is 0 Å². The third kappa shape index (κ3) is 3.55. The maximum absolute atomic E-state index is 13.9. The molecule has 1 aliphatic rings. The van der Waals surface area contributed by atoms with E-state index >= 15 is 0 Å². The summed E-state index contributed by atoms with van der Waals surface area (Å²) in [4.78, 5) is 2.17. The van der Waals surface area contributed by atoms with Crippen molar-refractivity contribution in [2.24, 2.45) is 5.92 Å². The molecular weight excluding hydrogens is 258 g/mol. The van der Waals surface area contributed by atoms with Crippen LogP contribution in [0.25, 0.3) is 0 Å². The zero-order valence-electron chi connectivity index (χ0n) is 12.3. The molecule has 0 saturated carbocycles. The lowest BCUT2D eigenvalue weighted by Gasteiger charge is -2.33. The van der Waals surface area contributed by atoms with E-state index in [0.29, 0.717) is 5.92 Å². The molecule has 1 aliphatic heterocycles. The highest BCUT2D eigenvalue weighted by atomic mass is 19.1. The van der Waals surface area contributed by atoms with Crippen LogP contribution in [0.3, 0.4) is 0 Å². The van der Waals surface area contributed by atoms with E-state index in [4.69, 9.17) is 0 Å². The maximum Gasteiger partial charge on any atom is 0.130 e. The van der Waals surface area contributed by atoms with E-state index in [2.05, 4.69) is 10.2 Å². The lowest BCUT2D eigenvalue weighted by atomic mass is 9.97. The molecule has 2 atom stereocenters. The van der Waals surface area contributed by atoms with Crippen molar-refractivity contribution < 1.29 is 8.78 Å². The third-order valence-corrected chi connectivity index (χ3v) is 4.26. The lowest BCUT2D eigenvalue weighted by molar-refractivity contribution is 0.165. The summed E-state index contributed by atoms with van der Waals surface area (Å²) >= 11 is 0. The molecule has 1 N–H and O–H groups in total. The molecule has 0 bridgehead atoms. The topological polar surface area (TPSA) is 15.3 Å². The lowest BCUT2D eigenvalue weighted by Crippen LogP contribution is -2.39. The van der Waals surface area contributed by atoms with Gasteiger partial charge in [0.1, 0.15) is 11.6 Å². The van der Waals surface area contributed by atoms with Gasteiger partial charge in [0, 0.05) is 18.2 Å². The molecule has 1 heterocycles. The molecule has 0 aromatic heterocycles. The number of piperidine rings is 1. The molecule has 1 aromatic rings. The van der Waals surface area contributed by atoms with Crippen LogP contribution in [0.4, 0.5) is 8.78 Å². The molecule has 0 spiro atoms. The molecule has 0 radical (unpaired) electrons. The first-order chi connectivity index (χ1) is 9.63. The first-order valence-corrected chi connectivity index (χ1v) is 7.52. The summed E-state index contributed by atoms with van der Waals surface area (Å²) in [5.41, 5.74) is 0.193. The van der Waals surface area contributed by atoms with Gasteiger partial charge in [0.25, 0.3) is 0 Å². The van der Waals surface area contributed by atoms with Crippen LogP contribution < -0.4 is 5.32 Å². The number of hydrogen-bond donors (Lipinski definition) is 1. The van der Waals surface area contributed by atoms with Gasteiger partial charge >= 0.3 is 0 Å². The molecule has 1 saturated heterocycles. The largest absolute Gasteiger partial charge is 0.316 e. The van der Waals surface area contributed by atoms with E-state index < -0.39 is 11.6 Å². The minimum absolute atomic E-state index is 0.193. The van der Waals surface area contributed by atoms with Crippen molar-refractivity contribution in [2.45, 2.75) is 32.7 Å². The summed E-state index contributed by atoms with van der Waals surface area (Å²) in [7, 11) is 0. The number of rotatable bonds is 5. The fourth-order valence-electron chi connectivity index (χ4n) is 3.06. The molecule has 1 aromatic carbocycles. The summed E-state index contributed by atoms with van der Waals surface area (Å²) in [5, 5.41) is 3.39. The Hall–Kier alpha value is -1.00. The van der Waals surface area contributed by atoms with Crippen molar-refractivity contribution in [3.8, 4) is 0 Å². The number of hydrogen-bond acceptors (Lipinski definition) is 2. The highest BCUT2D eigenvalue weighted by Crippen LogP contribution is 2.27. The van der Waals surface area contributed by atoms with E-state index in [0.717, 1.165) is 26.2 Å². The van der Waals surface area contributed by atoms with Crippen LogP contribution in [0, 0.1) is 17.6 Å². The maximum atomic E-state index is 13.9. The van der Waals surface area contributed by atoms with Crippen molar-refractivity contribution in [1.82, 2.24) is 10.2 Å². The predicted octanol–water partition coefficient (Wildman–Crippen LogP) is 3.35. The average molecular weight is 282 g/mol. The smallest absolute Gasteiger partial charge is 0.130 e. The molecule has 0 amide bonds. The zero-order chi connectivity index (χ0) is 14.5. The first-order valence-electron chi connectivity index (χ1n) is 7.52. The fourth-order valence-corrected chi connectivity index (χ4v) is 3.06. The molecule has 2 nitrogen and oxygen atoms in total. The highest BCUT2D eigenvalue weighted by Gasteiger charge is 2.24. The monoisotopic (exact) mass is 282 g/mol. The second-order valence-electron chi connectivity index (χ2n) is 5.61. The summed E-state index contributed by atoms with van der Waals surface area (Å²) in [5.74, 6) is -0.323. The Labute approximate surface area is 120 Å². The Morgan fingerprint density at radius 3 is 2.60 bits per heavy atom. The Balaban J connectivity index is 2.09. The predicted molar refractivity (Wildman–Crippen MR) is 77.6 cm³/mol. The molecule has 2 unspecified atom stereocenters. The second-order valence-corrected chi connectivity index (χ2v) is 5.61. The quantitative estimate of drug-likeness (QED) is 0.891. The van der Waals surface area contributed by atoms with Crippen LogP contribution in [-0.4, -0.2) is 31.1 Å². The van der Waals surface area contributed by atoms with E-state index in [9.17, 15) is 8.78 Å². The van der Waals surface area contributed by atoms with Crippen LogP contribution in [0.2, 0.25) is 0 Å². The van der Waals surface area contributed by atoms with Gasteiger partial charge in [-0.2, -0.15) is 0 Å². The summed E-state index contributed by atoms with van der Waals surface area (Å²) in [6, 6.07) is 3.86. The van der Waals surface area contributed by atoms with Gasteiger partial charge in [-0.15, -0.1) is 0 Å². The Bertz CT molecular complexity index is 410. The van der Waals surface area contributed by atoms with Gasteiger partial charge in [-0.25, -0.2) is 8.78 Å². The number of nitrogens with one attached hydrogen (secondary N) is 1. The zero-order valence-corrected chi connectivity index (χ0v) is 12.3. The normalized spacial score (nSPS) is 21.1. The molecule has 4 heteroatoms. The Morgan fingerprint density at radius 1 is 1.35 bits per heavy atom. The van der Waals surface area contributed by atoms with Crippen LogP contribution in [0.1, 0.15) is 38.3 Å². The molecule has 20 heavy (non-hydrogen) atoms. The number of nitrogens with zero attached hydrogens (tertiary/aromatic N) is 1. The molecular formula is C16H24F2N2. The van der Waals surface area contributed by atoms with E-state index in [1.165, 1.54) is 31.0 Å². The third-order valence-electron chi connectivity index (χ3n) is 4.26. The summed E-state index contributed by atoms with van der Waals surface area (Å²) < 4.78 is 27.8. The van der Waals surface area contributed by atoms with Crippen molar-refractivity contribution >= 4 is 0 Å². The van der Waals surface area contributed by atoms with Gasteiger partial charge < -0.3 is 5.32 Å². The summed E-state index contributed by atoms with van der Waals surface area (Å²) in [6.45, 7) is 7.71. The number of halogens is 2. The van der Waals surface area contributed by atoms with Crippen molar-refractivity contribution in [2.75, 3.05) is 26.2 Å². The van der Waals surface area contributed by atoms with E-state index in [-0.39, 0.29) is 11.6 Å². The standard InChI is InChI=1S/C16H24F2N2/c1-3-20(11-13-6-5-9-19-10-13)12(2)16-14(17)7-4-8-15(16)18/h4,7-8,12-13,19H,3,5-6,9-11H2,1-2H3. The van der Waals surface area contributed by atoms with Crippen LogP contribution in [0.5, 0.6) is 0 Å². The minimum Gasteiger partial charge on any atom is -0.316 e. The molecule has 1 fully saturated rings. The Kier molecular flexibility index (Phi) is 5.49. The second kappa shape index (κ2) is 7.14. The van der Waals surface area contributed by atoms with E-state index in [1.807, 2.05) is 13.8 Å². The van der Waals surface area contributed by atoms with Gasteiger partial charge in [-0.3, -0.25) is 4.90 Å². The van der Waals surface area contributed by atoms with Crippen molar-refractivity contribution in [3.05, 3.63) is 35.4 Å². The summed E-state index contributed by atoms with van der Waals surface area (Å²) in [6.07, 6.45) is 2.38. The van der Waals surface area contributed by atoms with Gasteiger partial charge in [-0.1, -0.05) is 13.0 Å². The SMILES string of the molecule is CCN(CC1CCCNC1)C(C)c1c(F)cccc1F. The molecule has 0 aliphatic carbocycles. The first kappa shape index (κ1) is 15.4. The van der Waals surface area contributed by atoms with Crippen molar-refractivity contribution in [3.63, 3.8) is 0 Å². The van der Waals surface area contributed by atoms with Gasteiger partial charge in [0.15, 0.2) is 0 Å². The Morgan fingerprint density at radius 2 is 2.05 bits per heavy atom. The van der Waals surface area contributed by atoms with Gasteiger partial charge in [0.05, 0.1) is 0 Å². The van der Waals surface area contributed by atoms with Gasteiger partial charge in [-0.05, 0) is 57.5 Å². The van der Waals surface area contributed by atoms with Crippen LogP contribution in [-0.2, 0) is 0 Å². The highest BCUT2D eigenvalue weighted by molar-refractivity contribution is 5.23. The van der Waals surface area contributed by atoms with Crippen LogP contribution in [0.15, 0.2) is 18.2 Å². The minimum atomic E-state index is -0.447. The number of benzene rings is 1. The molecule has 2 rings (SSSR count). The fraction of sp³-hybridized carbons (Fsp3) is 0.625. The van der Waals surface area contributed by atoms with Crippen molar-refractivity contribution in [1.29, 1.82) is 0 Å². The van der Waals surface area contributed by atoms with Gasteiger partial charge in [0.2, 0.25) is 0 Å².